The van der Waals surface area contributed by atoms with Crippen molar-refractivity contribution < 1.29 is 0 Å². The molecule has 2 heteroatoms. The maximum atomic E-state index is 5.93. The molecule has 2 rings (SSSR count). The highest BCUT2D eigenvalue weighted by atomic mass is 15.2. The predicted octanol–water partition coefficient (Wildman–Crippen LogP) is 1.85. The zero-order valence-corrected chi connectivity index (χ0v) is 9.63. The molecular weight excluding hydrogens is 172 g/mol. The Morgan fingerprint density at radius 2 is 2.14 bits per heavy atom. The lowest BCUT2D eigenvalue weighted by atomic mass is 9.75. The first-order valence-electron chi connectivity index (χ1n) is 6.13. The molecule has 1 saturated heterocycles. The smallest absolute Gasteiger partial charge is 0.0331 e. The summed E-state index contributed by atoms with van der Waals surface area (Å²) in [5.41, 5.74) is 6.35. The molecule has 0 aromatic heterocycles. The van der Waals surface area contributed by atoms with Crippen molar-refractivity contribution in [3.8, 4) is 0 Å². The third kappa shape index (κ3) is 1.59. The summed E-state index contributed by atoms with van der Waals surface area (Å²) in [6.07, 6.45) is 5.46. The van der Waals surface area contributed by atoms with Gasteiger partial charge >= 0.3 is 0 Å². The zero-order chi connectivity index (χ0) is 10.2. The number of hydrogen-bond acceptors (Lipinski definition) is 2. The van der Waals surface area contributed by atoms with Gasteiger partial charge in [0.1, 0.15) is 0 Å². The Morgan fingerprint density at radius 3 is 2.50 bits per heavy atom. The Kier molecular flexibility index (Phi) is 2.85. The maximum absolute atomic E-state index is 5.93. The van der Waals surface area contributed by atoms with Crippen LogP contribution in [0.4, 0.5) is 0 Å². The lowest BCUT2D eigenvalue weighted by Gasteiger charge is -2.48. The van der Waals surface area contributed by atoms with Crippen LogP contribution >= 0.6 is 0 Å². The third-order valence-corrected chi connectivity index (χ3v) is 4.50. The van der Waals surface area contributed by atoms with E-state index in [-0.39, 0.29) is 0 Å². The summed E-state index contributed by atoms with van der Waals surface area (Å²) < 4.78 is 0. The van der Waals surface area contributed by atoms with E-state index in [2.05, 4.69) is 18.7 Å². The van der Waals surface area contributed by atoms with E-state index in [4.69, 9.17) is 5.73 Å². The molecule has 1 heterocycles. The first kappa shape index (κ1) is 10.4. The minimum Gasteiger partial charge on any atom is -0.329 e. The summed E-state index contributed by atoms with van der Waals surface area (Å²) in [5.74, 6) is 1.76. The van der Waals surface area contributed by atoms with E-state index in [1.165, 1.54) is 38.8 Å². The molecule has 2 nitrogen and oxygen atoms in total. The van der Waals surface area contributed by atoms with Crippen molar-refractivity contribution in [3.05, 3.63) is 0 Å². The summed E-state index contributed by atoms with van der Waals surface area (Å²) in [5, 5.41) is 0. The van der Waals surface area contributed by atoms with Crippen LogP contribution in [0, 0.1) is 11.8 Å². The standard InChI is InChI=1S/C12H24N2/c1-10(2)11-4-7-14(8-11)12(9-13)5-3-6-12/h10-11H,3-9,13H2,1-2H3. The Balaban J connectivity index is 1.94. The summed E-state index contributed by atoms with van der Waals surface area (Å²) in [4.78, 5) is 2.68. The van der Waals surface area contributed by atoms with Gasteiger partial charge in [0.15, 0.2) is 0 Å². The van der Waals surface area contributed by atoms with E-state index in [9.17, 15) is 0 Å². The second kappa shape index (κ2) is 3.82. The van der Waals surface area contributed by atoms with Gasteiger partial charge < -0.3 is 5.73 Å². The second-order valence-corrected chi connectivity index (χ2v) is 5.52. The van der Waals surface area contributed by atoms with Crippen LogP contribution in [-0.4, -0.2) is 30.1 Å². The molecule has 0 aromatic rings. The highest BCUT2D eigenvalue weighted by Gasteiger charge is 2.44. The van der Waals surface area contributed by atoms with Crippen molar-refractivity contribution in [1.82, 2.24) is 4.90 Å². The second-order valence-electron chi connectivity index (χ2n) is 5.52. The van der Waals surface area contributed by atoms with Gasteiger partial charge in [-0.3, -0.25) is 4.90 Å². The third-order valence-electron chi connectivity index (χ3n) is 4.50. The average Bonchev–Trinajstić information content (AvgIpc) is 2.52. The Morgan fingerprint density at radius 1 is 1.43 bits per heavy atom. The van der Waals surface area contributed by atoms with Crippen molar-refractivity contribution in [2.24, 2.45) is 17.6 Å². The van der Waals surface area contributed by atoms with Crippen LogP contribution in [0.3, 0.4) is 0 Å². The molecule has 2 N–H and O–H groups in total. The topological polar surface area (TPSA) is 29.3 Å². The van der Waals surface area contributed by atoms with E-state index in [1.807, 2.05) is 0 Å². The molecule has 1 saturated carbocycles. The van der Waals surface area contributed by atoms with Gasteiger partial charge in [-0.1, -0.05) is 13.8 Å². The van der Waals surface area contributed by atoms with E-state index < -0.39 is 0 Å². The molecule has 0 bridgehead atoms. The first-order valence-corrected chi connectivity index (χ1v) is 6.13. The van der Waals surface area contributed by atoms with Crippen LogP contribution < -0.4 is 5.73 Å². The molecule has 14 heavy (non-hydrogen) atoms. The van der Waals surface area contributed by atoms with Crippen molar-refractivity contribution in [2.75, 3.05) is 19.6 Å². The van der Waals surface area contributed by atoms with E-state index in [1.54, 1.807) is 0 Å². The molecule has 2 fully saturated rings. The monoisotopic (exact) mass is 196 g/mol. The van der Waals surface area contributed by atoms with Gasteiger partial charge in [0.25, 0.3) is 0 Å². The first-order chi connectivity index (χ1) is 6.68. The van der Waals surface area contributed by atoms with Crippen LogP contribution in [0.5, 0.6) is 0 Å². The summed E-state index contributed by atoms with van der Waals surface area (Å²) >= 11 is 0. The number of rotatable bonds is 3. The Labute approximate surface area is 87.8 Å². The van der Waals surface area contributed by atoms with Gasteiger partial charge in [0, 0.05) is 18.6 Å². The van der Waals surface area contributed by atoms with Crippen LogP contribution in [0.25, 0.3) is 0 Å². The quantitative estimate of drug-likeness (QED) is 0.746. The molecule has 1 aliphatic heterocycles. The van der Waals surface area contributed by atoms with Gasteiger partial charge in [-0.05, 0) is 44.1 Å². The van der Waals surface area contributed by atoms with Crippen LogP contribution in [0.2, 0.25) is 0 Å². The average molecular weight is 196 g/mol. The summed E-state index contributed by atoms with van der Waals surface area (Å²) in [7, 11) is 0. The van der Waals surface area contributed by atoms with E-state index in [0.29, 0.717) is 5.54 Å². The molecular formula is C12H24N2. The highest BCUT2D eigenvalue weighted by molar-refractivity contribution is 5.01. The highest BCUT2D eigenvalue weighted by Crippen LogP contribution is 2.40. The fourth-order valence-corrected chi connectivity index (χ4v) is 3.00. The Bertz CT molecular complexity index is 191. The van der Waals surface area contributed by atoms with Gasteiger partial charge in [0.2, 0.25) is 0 Å². The van der Waals surface area contributed by atoms with Crippen molar-refractivity contribution in [2.45, 2.75) is 45.1 Å². The van der Waals surface area contributed by atoms with E-state index in [0.717, 1.165) is 18.4 Å². The minimum absolute atomic E-state index is 0.420. The number of nitrogens with two attached hydrogens (primary N) is 1. The van der Waals surface area contributed by atoms with Gasteiger partial charge in [-0.25, -0.2) is 0 Å². The van der Waals surface area contributed by atoms with Crippen molar-refractivity contribution in [3.63, 3.8) is 0 Å². The zero-order valence-electron chi connectivity index (χ0n) is 9.63. The predicted molar refractivity (Wildman–Crippen MR) is 60.2 cm³/mol. The fourth-order valence-electron chi connectivity index (χ4n) is 3.00. The molecule has 82 valence electrons. The molecule has 0 spiro atoms. The maximum Gasteiger partial charge on any atom is 0.0331 e. The largest absolute Gasteiger partial charge is 0.329 e. The van der Waals surface area contributed by atoms with Gasteiger partial charge in [-0.15, -0.1) is 0 Å². The summed E-state index contributed by atoms with van der Waals surface area (Å²) in [6.45, 7) is 8.17. The number of nitrogens with zero attached hydrogens (tertiary/aromatic N) is 1. The Hall–Kier alpha value is -0.0800. The van der Waals surface area contributed by atoms with Crippen molar-refractivity contribution >= 4 is 0 Å². The SMILES string of the molecule is CC(C)C1CCN(C2(CN)CCC2)C1. The molecule has 0 aromatic carbocycles. The lowest BCUT2D eigenvalue weighted by molar-refractivity contribution is 0.0393. The molecule has 1 atom stereocenters. The van der Waals surface area contributed by atoms with Crippen LogP contribution in [-0.2, 0) is 0 Å². The lowest BCUT2D eigenvalue weighted by Crippen LogP contribution is -2.57. The van der Waals surface area contributed by atoms with Gasteiger partial charge in [-0.2, -0.15) is 0 Å². The molecule has 0 radical (unpaired) electrons. The molecule has 1 unspecified atom stereocenters. The normalized spacial score (nSPS) is 32.1. The summed E-state index contributed by atoms with van der Waals surface area (Å²) in [6, 6.07) is 0. The molecule has 2 aliphatic rings. The molecule has 0 amide bonds. The van der Waals surface area contributed by atoms with Gasteiger partial charge in [0.05, 0.1) is 0 Å². The van der Waals surface area contributed by atoms with Crippen molar-refractivity contribution in [1.29, 1.82) is 0 Å². The fraction of sp³-hybridized carbons (Fsp3) is 1.00. The number of likely N-dealkylation sites (tertiary alicyclic amines) is 1. The van der Waals surface area contributed by atoms with E-state index >= 15 is 0 Å². The number of hydrogen-bond donors (Lipinski definition) is 1. The van der Waals surface area contributed by atoms with Crippen LogP contribution in [0.1, 0.15) is 39.5 Å². The minimum atomic E-state index is 0.420. The molecule has 1 aliphatic carbocycles. The van der Waals surface area contributed by atoms with Crippen LogP contribution in [0.15, 0.2) is 0 Å².